The first-order valence-corrected chi connectivity index (χ1v) is 10.3. The maximum absolute atomic E-state index is 13.1. The predicted molar refractivity (Wildman–Crippen MR) is 113 cm³/mol. The first-order chi connectivity index (χ1) is 13.0. The summed E-state index contributed by atoms with van der Waals surface area (Å²) in [6, 6.07) is 3.62. The number of fused-ring (bicyclic) bond motifs is 1. The lowest BCUT2D eigenvalue weighted by atomic mass is 10.0. The Morgan fingerprint density at radius 2 is 1.89 bits per heavy atom. The van der Waals surface area contributed by atoms with Gasteiger partial charge in [0.25, 0.3) is 5.56 Å². The Hall–Kier alpha value is -2.32. The van der Waals surface area contributed by atoms with E-state index < -0.39 is 15.7 Å². The molecule has 0 saturated carbocycles. The summed E-state index contributed by atoms with van der Waals surface area (Å²) >= 11 is 0. The second-order valence-electron chi connectivity index (χ2n) is 8.16. The van der Waals surface area contributed by atoms with E-state index in [0.29, 0.717) is 16.7 Å². The van der Waals surface area contributed by atoms with Crippen molar-refractivity contribution in [1.29, 1.82) is 0 Å². The van der Waals surface area contributed by atoms with Crippen LogP contribution in [0.25, 0.3) is 22.4 Å². The highest BCUT2D eigenvalue weighted by molar-refractivity contribution is 7.84. The molecule has 28 heavy (non-hydrogen) atoms. The molecule has 3 rings (SSSR count). The summed E-state index contributed by atoms with van der Waals surface area (Å²) in [7, 11) is 2.34. The number of hydrogen-bond donors (Lipinski definition) is 1. The van der Waals surface area contributed by atoms with E-state index in [-0.39, 0.29) is 11.6 Å². The van der Waals surface area contributed by atoms with Gasteiger partial charge in [-0.2, -0.15) is 0 Å². The largest absolute Gasteiger partial charge is 0.331 e. The molecule has 0 aliphatic carbocycles. The second kappa shape index (κ2) is 7.25. The van der Waals surface area contributed by atoms with Crippen molar-refractivity contribution in [2.75, 3.05) is 0 Å². The third-order valence-electron chi connectivity index (χ3n) is 4.71. The maximum Gasteiger partial charge on any atom is 0.261 e. The average molecular weight is 402 g/mol. The van der Waals surface area contributed by atoms with Gasteiger partial charge in [0, 0.05) is 20.1 Å². The van der Waals surface area contributed by atoms with Crippen molar-refractivity contribution in [2.45, 2.75) is 45.4 Å². The summed E-state index contributed by atoms with van der Waals surface area (Å²) < 4.78 is 18.7. The number of nitrogens with zero attached hydrogens (tertiary/aromatic N) is 4. The molecule has 0 bridgehead atoms. The van der Waals surface area contributed by atoms with Crippen LogP contribution < -0.4 is 10.3 Å². The van der Waals surface area contributed by atoms with Crippen molar-refractivity contribution in [3.05, 3.63) is 46.1 Å². The fraction of sp³-hybridized carbons (Fsp3) is 0.450. The van der Waals surface area contributed by atoms with Gasteiger partial charge >= 0.3 is 0 Å². The summed E-state index contributed by atoms with van der Waals surface area (Å²) in [6.07, 6.45) is 3.37. The van der Waals surface area contributed by atoms with Crippen LogP contribution in [0, 0.1) is 6.92 Å². The lowest BCUT2D eigenvalue weighted by Gasteiger charge is -2.23. The third-order valence-corrected chi connectivity index (χ3v) is 6.39. The molecule has 1 unspecified atom stereocenters. The summed E-state index contributed by atoms with van der Waals surface area (Å²) in [6.45, 7) is 9.66. The molecule has 8 heteroatoms. The van der Waals surface area contributed by atoms with Gasteiger partial charge in [0.05, 0.1) is 39.2 Å². The standard InChI is InChI=1S/C20H27N5O2S/c1-12-8-14(13(2)23-28(27)20(3,4)5)17-15(9-12)19(26)25(7)18(22-17)16-10-21-11-24(16)6/h8-11,13,23H,1-7H3/t13-,28?/m1/s1. The van der Waals surface area contributed by atoms with Crippen LogP contribution in [0.4, 0.5) is 0 Å². The van der Waals surface area contributed by atoms with Gasteiger partial charge in [0.15, 0.2) is 5.82 Å². The Bertz CT molecular complexity index is 1120. The van der Waals surface area contributed by atoms with E-state index in [1.54, 1.807) is 24.1 Å². The van der Waals surface area contributed by atoms with E-state index in [1.165, 1.54) is 0 Å². The first-order valence-electron chi connectivity index (χ1n) is 9.16. The number of nitrogens with one attached hydrogen (secondary N) is 1. The lowest BCUT2D eigenvalue weighted by Crippen LogP contribution is -2.35. The number of aromatic nitrogens is 4. The molecule has 150 valence electrons. The molecule has 0 fully saturated rings. The summed E-state index contributed by atoms with van der Waals surface area (Å²) in [5.74, 6) is 0.548. The Balaban J connectivity index is 2.23. The summed E-state index contributed by atoms with van der Waals surface area (Å²) in [5.41, 5.74) is 3.08. The van der Waals surface area contributed by atoms with E-state index in [9.17, 15) is 9.00 Å². The molecule has 0 aliphatic rings. The van der Waals surface area contributed by atoms with Gasteiger partial charge in [-0.3, -0.25) is 9.36 Å². The number of hydrogen-bond acceptors (Lipinski definition) is 4. The smallest absolute Gasteiger partial charge is 0.261 e. The number of benzene rings is 1. The third kappa shape index (κ3) is 3.66. The Kier molecular flexibility index (Phi) is 5.29. The van der Waals surface area contributed by atoms with Gasteiger partial charge in [0.2, 0.25) is 0 Å². The molecule has 7 nitrogen and oxygen atoms in total. The molecular formula is C20H27N5O2S. The zero-order chi connectivity index (χ0) is 20.8. The van der Waals surface area contributed by atoms with Crippen LogP contribution in [0.5, 0.6) is 0 Å². The lowest BCUT2D eigenvalue weighted by molar-refractivity contribution is 0.617. The van der Waals surface area contributed by atoms with E-state index in [4.69, 9.17) is 4.98 Å². The minimum absolute atomic E-state index is 0.115. The molecule has 1 aromatic carbocycles. The van der Waals surface area contributed by atoms with E-state index >= 15 is 0 Å². The van der Waals surface area contributed by atoms with E-state index in [1.807, 2.05) is 58.4 Å². The minimum atomic E-state index is -1.24. The van der Waals surface area contributed by atoms with Crippen LogP contribution in [0.3, 0.4) is 0 Å². The summed E-state index contributed by atoms with van der Waals surface area (Å²) in [4.78, 5) is 22.1. The molecule has 2 aromatic heterocycles. The van der Waals surface area contributed by atoms with Crippen LogP contribution in [-0.4, -0.2) is 28.1 Å². The molecule has 3 aromatic rings. The molecule has 0 saturated heterocycles. The van der Waals surface area contributed by atoms with Gasteiger partial charge in [-0.25, -0.2) is 18.9 Å². The SMILES string of the molecule is Cc1cc([C@@H](C)NS(=O)C(C)(C)C)c2nc(-c3cncn3C)n(C)c(=O)c2c1. The molecule has 0 amide bonds. The topological polar surface area (TPSA) is 81.8 Å². The van der Waals surface area contributed by atoms with Crippen molar-refractivity contribution in [3.8, 4) is 11.5 Å². The second-order valence-corrected chi connectivity index (χ2v) is 10.2. The molecular weight excluding hydrogens is 374 g/mol. The Labute approximate surface area is 167 Å². The zero-order valence-electron chi connectivity index (χ0n) is 17.4. The van der Waals surface area contributed by atoms with Gasteiger partial charge in [0.1, 0.15) is 5.69 Å². The first kappa shape index (κ1) is 20.4. The van der Waals surface area contributed by atoms with Gasteiger partial charge in [-0.1, -0.05) is 6.07 Å². The van der Waals surface area contributed by atoms with Crippen LogP contribution in [0.1, 0.15) is 44.9 Å². The van der Waals surface area contributed by atoms with Crippen molar-refractivity contribution < 1.29 is 4.21 Å². The van der Waals surface area contributed by atoms with Crippen LogP contribution >= 0.6 is 0 Å². The highest BCUT2D eigenvalue weighted by atomic mass is 32.2. The van der Waals surface area contributed by atoms with Crippen LogP contribution in [0.2, 0.25) is 0 Å². The van der Waals surface area contributed by atoms with Crippen molar-refractivity contribution >= 4 is 21.9 Å². The van der Waals surface area contributed by atoms with Gasteiger partial charge in [-0.15, -0.1) is 0 Å². The van der Waals surface area contributed by atoms with Crippen molar-refractivity contribution in [2.24, 2.45) is 14.1 Å². The fourth-order valence-electron chi connectivity index (χ4n) is 3.09. The quantitative estimate of drug-likeness (QED) is 0.729. The molecule has 2 atom stereocenters. The highest BCUT2D eigenvalue weighted by Crippen LogP contribution is 2.26. The maximum atomic E-state index is 13.1. The van der Waals surface area contributed by atoms with E-state index in [0.717, 1.165) is 16.8 Å². The number of aryl methyl sites for hydroxylation is 2. The van der Waals surface area contributed by atoms with E-state index in [2.05, 4.69) is 9.71 Å². The highest BCUT2D eigenvalue weighted by Gasteiger charge is 2.24. The molecule has 0 spiro atoms. The minimum Gasteiger partial charge on any atom is -0.331 e. The Morgan fingerprint density at radius 3 is 2.46 bits per heavy atom. The molecule has 0 aliphatic heterocycles. The number of rotatable bonds is 4. The average Bonchev–Trinajstić information content (AvgIpc) is 3.02. The normalized spacial score (nSPS) is 14.4. The van der Waals surface area contributed by atoms with Gasteiger partial charge in [-0.05, 0) is 51.8 Å². The van der Waals surface area contributed by atoms with Crippen molar-refractivity contribution in [3.63, 3.8) is 0 Å². The van der Waals surface area contributed by atoms with Crippen LogP contribution in [-0.2, 0) is 25.1 Å². The predicted octanol–water partition coefficient (Wildman–Crippen LogP) is 2.76. The van der Waals surface area contributed by atoms with Crippen LogP contribution in [0.15, 0.2) is 29.5 Å². The monoisotopic (exact) mass is 401 g/mol. The van der Waals surface area contributed by atoms with Crippen molar-refractivity contribution in [1.82, 2.24) is 23.8 Å². The number of imidazole rings is 1. The van der Waals surface area contributed by atoms with Gasteiger partial charge < -0.3 is 4.57 Å². The molecule has 0 radical (unpaired) electrons. The summed E-state index contributed by atoms with van der Waals surface area (Å²) in [5, 5.41) is 0.554. The molecule has 2 heterocycles. The Morgan fingerprint density at radius 1 is 1.21 bits per heavy atom. The fourth-order valence-corrected chi connectivity index (χ4v) is 3.89. The molecule has 1 N–H and O–H groups in total. The zero-order valence-corrected chi connectivity index (χ0v) is 18.2.